The van der Waals surface area contributed by atoms with Crippen molar-refractivity contribution in [1.82, 2.24) is 5.32 Å². The predicted octanol–water partition coefficient (Wildman–Crippen LogP) is 1.08. The zero-order chi connectivity index (χ0) is 11.5. The van der Waals surface area contributed by atoms with Crippen LogP contribution in [0.1, 0.15) is 11.5 Å². The molecule has 4 heteroatoms. The van der Waals surface area contributed by atoms with Crippen molar-refractivity contribution in [2.24, 2.45) is 5.92 Å². The molecule has 0 bridgehead atoms. The van der Waals surface area contributed by atoms with Gasteiger partial charge in [-0.05, 0) is 11.6 Å². The highest BCUT2D eigenvalue weighted by Gasteiger charge is 2.35. The van der Waals surface area contributed by atoms with Crippen molar-refractivity contribution < 1.29 is 14.6 Å². The molecule has 1 aromatic rings. The smallest absolute Gasteiger partial charge is 0.308 e. The topological polar surface area (TPSA) is 58.6 Å². The molecule has 0 spiro atoms. The fourth-order valence-corrected chi connectivity index (χ4v) is 2.24. The number of carboxylic acid groups (broad SMARTS) is 1. The van der Waals surface area contributed by atoms with Crippen LogP contribution in [0.25, 0.3) is 0 Å². The lowest BCUT2D eigenvalue weighted by molar-refractivity contribution is -0.141. The number of carbonyl (C=O) groups is 1. The van der Waals surface area contributed by atoms with Crippen molar-refractivity contribution in [2.75, 3.05) is 20.2 Å². The standard InChI is InChI=1S/C12H15NO3/c1-16-11-5-3-2-4-8(11)9-6-13-7-10(9)12(14)15/h2-5,9-10,13H,6-7H2,1H3,(H,14,15). The van der Waals surface area contributed by atoms with Crippen molar-refractivity contribution in [1.29, 1.82) is 0 Å². The first-order valence-electron chi connectivity index (χ1n) is 5.30. The van der Waals surface area contributed by atoms with E-state index >= 15 is 0 Å². The minimum absolute atomic E-state index is 0.00588. The summed E-state index contributed by atoms with van der Waals surface area (Å²) in [7, 11) is 1.61. The fraction of sp³-hybridized carbons (Fsp3) is 0.417. The summed E-state index contributed by atoms with van der Waals surface area (Å²) in [6.07, 6.45) is 0. The number of methoxy groups -OCH3 is 1. The summed E-state index contributed by atoms with van der Waals surface area (Å²) in [4.78, 5) is 11.1. The number of ether oxygens (including phenoxy) is 1. The molecular weight excluding hydrogens is 206 g/mol. The van der Waals surface area contributed by atoms with E-state index in [9.17, 15) is 4.79 Å². The molecule has 1 aromatic carbocycles. The summed E-state index contributed by atoms with van der Waals surface area (Å²) < 4.78 is 5.27. The van der Waals surface area contributed by atoms with Crippen molar-refractivity contribution in [2.45, 2.75) is 5.92 Å². The average Bonchev–Trinajstić information content (AvgIpc) is 2.77. The van der Waals surface area contributed by atoms with Gasteiger partial charge >= 0.3 is 5.97 Å². The number of para-hydroxylation sites is 1. The zero-order valence-electron chi connectivity index (χ0n) is 9.14. The number of carboxylic acids is 1. The van der Waals surface area contributed by atoms with E-state index in [-0.39, 0.29) is 11.8 Å². The van der Waals surface area contributed by atoms with E-state index < -0.39 is 5.97 Å². The Kier molecular flexibility index (Phi) is 3.10. The molecule has 1 heterocycles. The van der Waals surface area contributed by atoms with Crippen LogP contribution in [0.2, 0.25) is 0 Å². The van der Waals surface area contributed by atoms with Crippen LogP contribution in [-0.2, 0) is 4.79 Å². The molecule has 4 nitrogen and oxygen atoms in total. The van der Waals surface area contributed by atoms with Crippen LogP contribution in [-0.4, -0.2) is 31.3 Å². The van der Waals surface area contributed by atoms with Gasteiger partial charge in [-0.25, -0.2) is 0 Å². The lowest BCUT2D eigenvalue weighted by Crippen LogP contribution is -2.21. The molecule has 2 rings (SSSR count). The quantitative estimate of drug-likeness (QED) is 0.802. The highest BCUT2D eigenvalue weighted by Crippen LogP contribution is 2.34. The maximum Gasteiger partial charge on any atom is 0.308 e. The summed E-state index contributed by atoms with van der Waals surface area (Å²) >= 11 is 0. The minimum Gasteiger partial charge on any atom is -0.496 e. The molecule has 16 heavy (non-hydrogen) atoms. The monoisotopic (exact) mass is 221 g/mol. The van der Waals surface area contributed by atoms with Crippen LogP contribution in [0.3, 0.4) is 0 Å². The third-order valence-corrected chi connectivity index (χ3v) is 3.07. The molecule has 0 saturated carbocycles. The fourth-order valence-electron chi connectivity index (χ4n) is 2.24. The summed E-state index contributed by atoms with van der Waals surface area (Å²) in [6.45, 7) is 1.22. The number of benzene rings is 1. The lowest BCUT2D eigenvalue weighted by atomic mass is 9.88. The highest BCUT2D eigenvalue weighted by atomic mass is 16.5. The van der Waals surface area contributed by atoms with Crippen molar-refractivity contribution >= 4 is 5.97 Å². The van der Waals surface area contributed by atoms with Crippen LogP contribution >= 0.6 is 0 Å². The number of nitrogens with one attached hydrogen (secondary N) is 1. The Morgan fingerprint density at radius 3 is 2.88 bits per heavy atom. The van der Waals surface area contributed by atoms with Gasteiger partial charge in [-0.1, -0.05) is 18.2 Å². The molecule has 2 atom stereocenters. The van der Waals surface area contributed by atoms with Gasteiger partial charge in [0.05, 0.1) is 13.0 Å². The van der Waals surface area contributed by atoms with E-state index in [2.05, 4.69) is 5.32 Å². The Hall–Kier alpha value is -1.55. The summed E-state index contributed by atoms with van der Waals surface area (Å²) in [6, 6.07) is 7.61. The van der Waals surface area contributed by atoms with Crippen LogP contribution in [0.5, 0.6) is 5.75 Å². The predicted molar refractivity (Wildman–Crippen MR) is 59.7 cm³/mol. The molecule has 1 aliphatic rings. The zero-order valence-corrected chi connectivity index (χ0v) is 9.14. The second-order valence-corrected chi connectivity index (χ2v) is 3.95. The Morgan fingerprint density at radius 1 is 1.44 bits per heavy atom. The first kappa shape index (κ1) is 11.0. The van der Waals surface area contributed by atoms with Crippen LogP contribution in [0, 0.1) is 5.92 Å². The van der Waals surface area contributed by atoms with E-state index in [4.69, 9.17) is 9.84 Å². The largest absolute Gasteiger partial charge is 0.496 e. The van der Waals surface area contributed by atoms with E-state index in [1.807, 2.05) is 24.3 Å². The van der Waals surface area contributed by atoms with E-state index in [0.29, 0.717) is 13.1 Å². The van der Waals surface area contributed by atoms with E-state index in [0.717, 1.165) is 11.3 Å². The molecule has 2 unspecified atom stereocenters. The van der Waals surface area contributed by atoms with Crippen molar-refractivity contribution in [3.8, 4) is 5.75 Å². The minimum atomic E-state index is -0.749. The number of hydrogen-bond donors (Lipinski definition) is 2. The Balaban J connectivity index is 2.32. The molecule has 86 valence electrons. The van der Waals surface area contributed by atoms with Crippen molar-refractivity contribution in [3.63, 3.8) is 0 Å². The molecule has 0 aromatic heterocycles. The third-order valence-electron chi connectivity index (χ3n) is 3.07. The first-order valence-corrected chi connectivity index (χ1v) is 5.30. The first-order chi connectivity index (χ1) is 7.74. The molecule has 0 aliphatic carbocycles. The van der Waals surface area contributed by atoms with Gasteiger partial charge in [-0.2, -0.15) is 0 Å². The molecule has 2 N–H and O–H groups in total. The number of aliphatic carboxylic acids is 1. The van der Waals surface area contributed by atoms with Gasteiger partial charge in [-0.3, -0.25) is 4.79 Å². The molecule has 1 aliphatic heterocycles. The Bertz CT molecular complexity index is 392. The maximum atomic E-state index is 11.1. The molecular formula is C12H15NO3. The van der Waals surface area contributed by atoms with Gasteiger partial charge in [-0.15, -0.1) is 0 Å². The van der Waals surface area contributed by atoms with Gasteiger partial charge in [0.1, 0.15) is 5.75 Å². The van der Waals surface area contributed by atoms with Crippen LogP contribution in [0.15, 0.2) is 24.3 Å². The molecule has 0 amide bonds. The summed E-state index contributed by atoms with van der Waals surface area (Å²) in [5.74, 6) is -0.353. The molecule has 0 radical (unpaired) electrons. The highest BCUT2D eigenvalue weighted by molar-refractivity contribution is 5.72. The van der Waals surface area contributed by atoms with Crippen LogP contribution < -0.4 is 10.1 Å². The van der Waals surface area contributed by atoms with Gasteiger partial charge < -0.3 is 15.2 Å². The number of hydrogen-bond acceptors (Lipinski definition) is 3. The average molecular weight is 221 g/mol. The van der Waals surface area contributed by atoms with E-state index in [1.165, 1.54) is 0 Å². The third kappa shape index (κ3) is 1.88. The van der Waals surface area contributed by atoms with Gasteiger partial charge in [0.25, 0.3) is 0 Å². The Labute approximate surface area is 94.2 Å². The number of rotatable bonds is 3. The van der Waals surface area contributed by atoms with Crippen LogP contribution in [0.4, 0.5) is 0 Å². The molecule has 1 saturated heterocycles. The normalized spacial score (nSPS) is 24.3. The second kappa shape index (κ2) is 4.53. The van der Waals surface area contributed by atoms with Gasteiger partial charge in [0.2, 0.25) is 0 Å². The summed E-state index contributed by atoms with van der Waals surface area (Å²) in [5, 5.41) is 12.2. The van der Waals surface area contributed by atoms with Gasteiger partial charge in [0, 0.05) is 19.0 Å². The maximum absolute atomic E-state index is 11.1. The SMILES string of the molecule is COc1ccccc1C1CNCC1C(=O)O. The lowest BCUT2D eigenvalue weighted by Gasteiger charge is -2.17. The van der Waals surface area contributed by atoms with E-state index in [1.54, 1.807) is 7.11 Å². The second-order valence-electron chi connectivity index (χ2n) is 3.95. The van der Waals surface area contributed by atoms with Crippen molar-refractivity contribution in [3.05, 3.63) is 29.8 Å². The molecule has 1 fully saturated rings. The Morgan fingerprint density at radius 2 is 2.19 bits per heavy atom. The summed E-state index contributed by atoms with van der Waals surface area (Å²) in [5.41, 5.74) is 0.974. The van der Waals surface area contributed by atoms with Gasteiger partial charge in [0.15, 0.2) is 0 Å².